The van der Waals surface area contributed by atoms with Crippen molar-refractivity contribution in [2.45, 2.75) is 25.2 Å². The van der Waals surface area contributed by atoms with Gasteiger partial charge in [-0.15, -0.1) is 0 Å². The van der Waals surface area contributed by atoms with Crippen molar-refractivity contribution in [2.75, 3.05) is 26.5 Å². The van der Waals surface area contributed by atoms with Crippen molar-refractivity contribution in [3.8, 4) is 5.75 Å². The maximum absolute atomic E-state index is 12.7. The van der Waals surface area contributed by atoms with Gasteiger partial charge in [-0.1, -0.05) is 0 Å². The lowest BCUT2D eigenvalue weighted by atomic mass is 10.0. The molecular weight excluding hydrogens is 392 g/mol. The minimum atomic E-state index is -3.64. The summed E-state index contributed by atoms with van der Waals surface area (Å²) in [5.41, 5.74) is 4.01. The van der Waals surface area contributed by atoms with Crippen molar-refractivity contribution in [1.29, 1.82) is 0 Å². The van der Waals surface area contributed by atoms with Crippen LogP contribution in [0.25, 0.3) is 11.0 Å². The highest BCUT2D eigenvalue weighted by atomic mass is 32.2. The molecule has 0 saturated carbocycles. The Labute approximate surface area is 170 Å². The molecule has 2 aromatic carbocycles. The van der Waals surface area contributed by atoms with Gasteiger partial charge in [0.25, 0.3) is 0 Å². The van der Waals surface area contributed by atoms with Crippen LogP contribution in [-0.2, 0) is 21.2 Å². The highest BCUT2D eigenvalue weighted by Crippen LogP contribution is 2.29. The Morgan fingerprint density at radius 2 is 1.83 bits per heavy atom. The average Bonchev–Trinajstić information content (AvgIpc) is 3.03. The molecule has 0 radical (unpaired) electrons. The summed E-state index contributed by atoms with van der Waals surface area (Å²) in [6, 6.07) is 8.31. The van der Waals surface area contributed by atoms with E-state index in [1.54, 1.807) is 6.26 Å². The molecule has 0 aliphatic rings. The fourth-order valence-corrected chi connectivity index (χ4v) is 3.92. The molecule has 0 fully saturated rings. The van der Waals surface area contributed by atoms with Gasteiger partial charge < -0.3 is 14.5 Å². The predicted molar refractivity (Wildman–Crippen MR) is 112 cm³/mol. The van der Waals surface area contributed by atoms with E-state index in [0.717, 1.165) is 32.0 Å². The van der Waals surface area contributed by atoms with Crippen LogP contribution in [-0.4, -0.2) is 39.8 Å². The zero-order chi connectivity index (χ0) is 21.3. The van der Waals surface area contributed by atoms with E-state index in [2.05, 4.69) is 5.32 Å². The third kappa shape index (κ3) is 4.13. The van der Waals surface area contributed by atoms with Crippen LogP contribution in [0.5, 0.6) is 5.75 Å². The maximum Gasteiger partial charge on any atom is 0.242 e. The number of methoxy groups -OCH3 is 1. The Morgan fingerprint density at radius 3 is 2.48 bits per heavy atom. The smallest absolute Gasteiger partial charge is 0.242 e. The van der Waals surface area contributed by atoms with E-state index in [0.29, 0.717) is 11.4 Å². The summed E-state index contributed by atoms with van der Waals surface area (Å²) in [7, 11) is 0.722. The molecular formula is C21H24N2O5S. The Bertz CT molecular complexity index is 1180. The summed E-state index contributed by atoms with van der Waals surface area (Å²) in [6.45, 7) is 4.01. The molecule has 3 aromatic rings. The fourth-order valence-electron chi connectivity index (χ4n) is 3.00. The first-order chi connectivity index (χ1) is 13.6. The number of carbonyl (C=O) groups is 1. The van der Waals surface area contributed by atoms with Gasteiger partial charge in [0.05, 0.1) is 30.4 Å². The second-order valence-corrected chi connectivity index (χ2v) is 9.22. The van der Waals surface area contributed by atoms with Crippen LogP contribution in [0.2, 0.25) is 0 Å². The Hall–Kier alpha value is -2.84. The second kappa shape index (κ2) is 7.88. The summed E-state index contributed by atoms with van der Waals surface area (Å²) >= 11 is 0. The molecule has 0 saturated heterocycles. The van der Waals surface area contributed by atoms with E-state index in [-0.39, 0.29) is 17.2 Å². The van der Waals surface area contributed by atoms with E-state index < -0.39 is 10.0 Å². The average molecular weight is 416 g/mol. The summed E-state index contributed by atoms with van der Waals surface area (Å²) in [5, 5.41) is 3.64. The molecule has 0 atom stereocenters. The van der Waals surface area contributed by atoms with Crippen molar-refractivity contribution in [1.82, 2.24) is 4.31 Å². The molecule has 0 aliphatic heterocycles. The lowest BCUT2D eigenvalue weighted by Gasteiger charge is -2.15. The van der Waals surface area contributed by atoms with Crippen molar-refractivity contribution < 1.29 is 22.4 Å². The van der Waals surface area contributed by atoms with Crippen LogP contribution in [0.1, 0.15) is 16.7 Å². The molecule has 0 spiro atoms. The van der Waals surface area contributed by atoms with Gasteiger partial charge in [-0.05, 0) is 55.3 Å². The molecule has 154 valence electrons. The monoisotopic (exact) mass is 416 g/mol. The van der Waals surface area contributed by atoms with Gasteiger partial charge >= 0.3 is 0 Å². The summed E-state index contributed by atoms with van der Waals surface area (Å²) in [4.78, 5) is 12.7. The second-order valence-electron chi connectivity index (χ2n) is 7.07. The zero-order valence-electron chi connectivity index (χ0n) is 17.1. The third-order valence-electron chi connectivity index (χ3n) is 4.84. The molecule has 1 heterocycles. The number of benzene rings is 2. The number of ether oxygens (including phenoxy) is 1. The quantitative estimate of drug-likeness (QED) is 0.664. The van der Waals surface area contributed by atoms with Crippen LogP contribution >= 0.6 is 0 Å². The van der Waals surface area contributed by atoms with E-state index in [1.807, 2.05) is 26.0 Å². The number of fused-ring (bicyclic) bond motifs is 1. The van der Waals surface area contributed by atoms with E-state index in [4.69, 9.17) is 9.15 Å². The molecule has 1 aromatic heterocycles. The standard InChI is InChI=1S/C21H24N2O5S/c1-13-8-17-15(12-28-20(17)9-14(13)2)10-21(24)22-18-11-16(6-7-19(18)27-5)29(25,26)23(3)4/h6-9,11-12H,10H2,1-5H3,(H,22,24). The lowest BCUT2D eigenvalue weighted by molar-refractivity contribution is -0.115. The number of furan rings is 1. The van der Waals surface area contributed by atoms with Crippen molar-refractivity contribution in [3.63, 3.8) is 0 Å². The molecule has 0 bridgehead atoms. The van der Waals surface area contributed by atoms with Crippen molar-refractivity contribution in [2.24, 2.45) is 0 Å². The van der Waals surface area contributed by atoms with E-state index in [9.17, 15) is 13.2 Å². The third-order valence-corrected chi connectivity index (χ3v) is 6.66. The Kier molecular flexibility index (Phi) is 5.68. The predicted octanol–water partition coefficient (Wildman–Crippen LogP) is 3.49. The normalized spacial score (nSPS) is 11.8. The Morgan fingerprint density at radius 1 is 1.14 bits per heavy atom. The molecule has 7 nitrogen and oxygen atoms in total. The number of carbonyl (C=O) groups excluding carboxylic acids is 1. The summed E-state index contributed by atoms with van der Waals surface area (Å²) in [5.74, 6) is 0.0724. The number of rotatable bonds is 6. The first kappa shape index (κ1) is 20.9. The van der Waals surface area contributed by atoms with Gasteiger partial charge in [-0.3, -0.25) is 4.79 Å². The summed E-state index contributed by atoms with van der Waals surface area (Å²) < 4.78 is 36.7. The minimum absolute atomic E-state index is 0.0680. The molecule has 1 amide bonds. The number of nitrogens with one attached hydrogen (secondary N) is 1. The fraction of sp³-hybridized carbons (Fsp3) is 0.286. The first-order valence-corrected chi connectivity index (χ1v) is 10.4. The molecule has 0 aliphatic carbocycles. The van der Waals surface area contributed by atoms with Crippen LogP contribution in [0.3, 0.4) is 0 Å². The van der Waals surface area contributed by atoms with Gasteiger partial charge in [0.2, 0.25) is 15.9 Å². The molecule has 1 N–H and O–H groups in total. The molecule has 0 unspecified atom stereocenters. The lowest BCUT2D eigenvalue weighted by Crippen LogP contribution is -2.22. The van der Waals surface area contributed by atoms with Gasteiger partial charge in [0.15, 0.2) is 0 Å². The van der Waals surface area contributed by atoms with Gasteiger partial charge in [-0.2, -0.15) is 0 Å². The molecule has 8 heteroatoms. The number of sulfonamides is 1. The van der Waals surface area contributed by atoms with Gasteiger partial charge in [-0.25, -0.2) is 12.7 Å². The SMILES string of the molecule is COc1ccc(S(=O)(=O)N(C)C)cc1NC(=O)Cc1coc2cc(C)c(C)cc12. The number of hydrogen-bond acceptors (Lipinski definition) is 5. The minimum Gasteiger partial charge on any atom is -0.495 e. The highest BCUT2D eigenvalue weighted by Gasteiger charge is 2.20. The number of aryl methyl sites for hydroxylation is 2. The zero-order valence-corrected chi connectivity index (χ0v) is 17.9. The van der Waals surface area contributed by atoms with Crippen molar-refractivity contribution in [3.05, 3.63) is 53.3 Å². The first-order valence-electron chi connectivity index (χ1n) is 9.01. The van der Waals surface area contributed by atoms with Crippen molar-refractivity contribution >= 4 is 32.6 Å². The number of hydrogen-bond donors (Lipinski definition) is 1. The topological polar surface area (TPSA) is 88.9 Å². The maximum atomic E-state index is 12.7. The molecule has 3 rings (SSSR count). The van der Waals surface area contributed by atoms with E-state index >= 15 is 0 Å². The van der Waals surface area contributed by atoms with E-state index in [1.165, 1.54) is 39.4 Å². The Balaban J connectivity index is 1.88. The highest BCUT2D eigenvalue weighted by molar-refractivity contribution is 7.89. The van der Waals surface area contributed by atoms with Crippen LogP contribution in [0.4, 0.5) is 5.69 Å². The summed E-state index contributed by atoms with van der Waals surface area (Å²) in [6.07, 6.45) is 1.66. The molecule has 29 heavy (non-hydrogen) atoms. The van der Waals surface area contributed by atoms with Crippen LogP contribution < -0.4 is 10.1 Å². The van der Waals surface area contributed by atoms with Gasteiger partial charge in [0, 0.05) is 25.0 Å². The van der Waals surface area contributed by atoms with Crippen LogP contribution in [0, 0.1) is 13.8 Å². The van der Waals surface area contributed by atoms with Gasteiger partial charge in [0.1, 0.15) is 11.3 Å². The van der Waals surface area contributed by atoms with Crippen LogP contribution in [0.15, 0.2) is 45.9 Å². The largest absolute Gasteiger partial charge is 0.495 e. The number of anilines is 1. The number of nitrogens with zero attached hydrogens (tertiary/aromatic N) is 1. The number of amides is 1.